The van der Waals surface area contributed by atoms with Crippen molar-refractivity contribution in [1.82, 2.24) is 20.4 Å². The third-order valence-corrected chi connectivity index (χ3v) is 7.80. The van der Waals surface area contributed by atoms with Crippen LogP contribution in [-0.4, -0.2) is 66.9 Å². The van der Waals surface area contributed by atoms with Crippen molar-refractivity contribution < 1.29 is 19.1 Å². The van der Waals surface area contributed by atoms with Crippen LogP contribution in [-0.2, 0) is 25.7 Å². The summed E-state index contributed by atoms with van der Waals surface area (Å²) in [5.74, 6) is -1.19. The zero-order valence-corrected chi connectivity index (χ0v) is 26.4. The van der Waals surface area contributed by atoms with E-state index in [2.05, 4.69) is 22.8 Å². The van der Waals surface area contributed by atoms with E-state index in [-0.39, 0.29) is 44.4 Å². The number of likely N-dealkylation sites (N-methyl/N-ethyl adjacent to an activating group) is 1. The number of fused-ring (bicyclic) bond motifs is 2. The van der Waals surface area contributed by atoms with Crippen molar-refractivity contribution in [3.63, 3.8) is 0 Å². The minimum atomic E-state index is -1.11. The topological polar surface area (TPSA) is 156 Å². The molecule has 2 heterocycles. The molecule has 1 aromatic heterocycles. The Hall–Kier alpha value is -5.27. The predicted octanol–water partition coefficient (Wildman–Crippen LogP) is 3.20. The van der Waals surface area contributed by atoms with Gasteiger partial charge in [-0.05, 0) is 50.4 Å². The van der Waals surface area contributed by atoms with E-state index < -0.39 is 23.9 Å². The zero-order chi connectivity index (χ0) is 32.1. The van der Waals surface area contributed by atoms with Gasteiger partial charge in [0.1, 0.15) is 12.1 Å². The average Bonchev–Trinajstić information content (AvgIpc) is 3.39. The molecular weight excluding hydrogens is 608 g/mol. The van der Waals surface area contributed by atoms with Gasteiger partial charge in [0, 0.05) is 12.5 Å². The molecule has 0 saturated heterocycles. The van der Waals surface area contributed by atoms with E-state index in [0.29, 0.717) is 33.9 Å². The molecule has 2 N–H and O–H groups in total. The van der Waals surface area contributed by atoms with Crippen LogP contribution < -0.4 is 20.4 Å². The van der Waals surface area contributed by atoms with Crippen molar-refractivity contribution in [2.45, 2.75) is 32.0 Å². The minimum absolute atomic E-state index is 0. The summed E-state index contributed by atoms with van der Waals surface area (Å²) in [6.45, 7) is 1.66. The number of halogens is 1. The molecule has 13 heteroatoms. The Bertz CT molecular complexity index is 1860. The predicted molar refractivity (Wildman–Crippen MR) is 175 cm³/mol. The number of para-hydroxylation sites is 2. The fraction of sp³-hybridized carbons (Fsp3) is 0.273. The molecule has 12 nitrogen and oxygen atoms in total. The van der Waals surface area contributed by atoms with Crippen molar-refractivity contribution in [2.24, 2.45) is 0 Å². The van der Waals surface area contributed by atoms with Crippen LogP contribution in [0.1, 0.15) is 30.2 Å². The largest absolute Gasteiger partial charge is 0.384 e. The lowest BCUT2D eigenvalue weighted by Gasteiger charge is -2.26. The fourth-order valence-corrected chi connectivity index (χ4v) is 5.30. The first kappa shape index (κ1) is 33.6. The number of nitrogens with zero attached hydrogens (tertiary/aromatic N) is 6. The molecule has 2 atom stereocenters. The van der Waals surface area contributed by atoms with Gasteiger partial charge in [0.15, 0.2) is 0 Å². The van der Waals surface area contributed by atoms with Gasteiger partial charge in [0.2, 0.25) is 11.8 Å². The van der Waals surface area contributed by atoms with Gasteiger partial charge in [-0.25, -0.2) is 4.68 Å². The number of rotatable bonds is 9. The molecule has 1 aliphatic heterocycles. The van der Waals surface area contributed by atoms with Gasteiger partial charge in [0.25, 0.3) is 5.91 Å². The van der Waals surface area contributed by atoms with Gasteiger partial charge in [-0.15, -0.1) is 12.4 Å². The van der Waals surface area contributed by atoms with Gasteiger partial charge in [-0.2, -0.15) is 15.6 Å². The van der Waals surface area contributed by atoms with Crippen LogP contribution in [0.4, 0.5) is 11.4 Å². The minimum Gasteiger partial charge on any atom is -0.384 e. The molecular formula is C33H33ClN8O4. The second-order valence-corrected chi connectivity index (χ2v) is 10.6. The Morgan fingerprint density at radius 2 is 1.78 bits per heavy atom. The van der Waals surface area contributed by atoms with Crippen LogP contribution in [0, 0.1) is 22.7 Å². The summed E-state index contributed by atoms with van der Waals surface area (Å²) >= 11 is 0. The van der Waals surface area contributed by atoms with E-state index in [1.54, 1.807) is 55.1 Å². The maximum Gasteiger partial charge on any atom is 0.251 e. The fourth-order valence-electron chi connectivity index (χ4n) is 5.30. The molecule has 0 bridgehead atoms. The third-order valence-electron chi connectivity index (χ3n) is 7.80. The number of hydrogen-bond donors (Lipinski definition) is 2. The Morgan fingerprint density at radius 1 is 1.04 bits per heavy atom. The third kappa shape index (κ3) is 6.55. The average molecular weight is 641 g/mol. The first-order valence-electron chi connectivity index (χ1n) is 14.4. The van der Waals surface area contributed by atoms with E-state index in [1.807, 2.05) is 30.3 Å². The smallest absolute Gasteiger partial charge is 0.251 e. The van der Waals surface area contributed by atoms with Crippen LogP contribution >= 0.6 is 12.4 Å². The number of ether oxygens (including phenoxy) is 1. The second-order valence-electron chi connectivity index (χ2n) is 10.6. The molecule has 0 radical (unpaired) electrons. The highest BCUT2D eigenvalue weighted by atomic mass is 35.5. The summed E-state index contributed by atoms with van der Waals surface area (Å²) in [5.41, 5.74) is 3.35. The summed E-state index contributed by atoms with van der Waals surface area (Å²) in [5, 5.41) is 30.8. The second kappa shape index (κ2) is 14.7. The Balaban J connectivity index is 0.00000480. The summed E-state index contributed by atoms with van der Waals surface area (Å²) in [7, 11) is 3.13. The van der Waals surface area contributed by atoms with Crippen molar-refractivity contribution in [3.05, 3.63) is 83.6 Å². The van der Waals surface area contributed by atoms with Crippen molar-refractivity contribution in [2.75, 3.05) is 37.1 Å². The van der Waals surface area contributed by atoms with E-state index in [0.717, 1.165) is 10.9 Å². The van der Waals surface area contributed by atoms with Crippen molar-refractivity contribution in [1.29, 1.82) is 10.5 Å². The lowest BCUT2D eigenvalue weighted by atomic mass is 10.1. The molecule has 46 heavy (non-hydrogen) atoms. The van der Waals surface area contributed by atoms with E-state index in [9.17, 15) is 24.9 Å². The number of anilines is 2. The number of nitrogens with one attached hydrogen (secondary N) is 2. The lowest BCUT2D eigenvalue weighted by Crippen LogP contribution is -2.55. The molecule has 3 aromatic carbocycles. The first-order chi connectivity index (χ1) is 21.8. The van der Waals surface area contributed by atoms with E-state index in [4.69, 9.17) is 9.84 Å². The molecule has 0 aliphatic carbocycles. The lowest BCUT2D eigenvalue weighted by molar-refractivity contribution is -0.128. The van der Waals surface area contributed by atoms with Gasteiger partial charge in [-0.3, -0.25) is 14.4 Å². The molecule has 5 rings (SSSR count). The standard InChI is InChI=1S/C33H32N8O4.ClH/c1-21(36-2)32(43)37-26-20-39(31(42)14-15-45-3)30-16-22(17-34)12-13-29(30)40(33(26)44)19-25-24-9-5-7-11-28(24)41(38-25)27-10-6-4-8-23(27)18-35;/h4-13,16,21,26,36H,14-15,19-20H2,1-3H3,(H,37,43);1H/t21-,26-;/m0./s1. The molecule has 1 aliphatic rings. The van der Waals surface area contributed by atoms with Crippen molar-refractivity contribution in [3.8, 4) is 17.8 Å². The zero-order valence-electron chi connectivity index (χ0n) is 25.6. The molecule has 3 amide bonds. The van der Waals surface area contributed by atoms with Crippen LogP contribution in [0.15, 0.2) is 66.7 Å². The summed E-state index contributed by atoms with van der Waals surface area (Å²) in [6, 6.07) is 22.0. The van der Waals surface area contributed by atoms with Gasteiger partial charge < -0.3 is 25.2 Å². The summed E-state index contributed by atoms with van der Waals surface area (Å²) < 4.78 is 6.82. The van der Waals surface area contributed by atoms with Crippen LogP contribution in [0.5, 0.6) is 0 Å². The maximum atomic E-state index is 14.4. The van der Waals surface area contributed by atoms with Crippen LogP contribution in [0.25, 0.3) is 16.6 Å². The molecule has 236 valence electrons. The number of amides is 3. The quantitative estimate of drug-likeness (QED) is 0.282. The highest BCUT2D eigenvalue weighted by molar-refractivity contribution is 6.08. The van der Waals surface area contributed by atoms with E-state index in [1.165, 1.54) is 16.9 Å². The maximum absolute atomic E-state index is 14.4. The van der Waals surface area contributed by atoms with Gasteiger partial charge >= 0.3 is 0 Å². The molecule has 0 unspecified atom stereocenters. The number of carbonyl (C=O) groups is 3. The number of hydrogen-bond acceptors (Lipinski definition) is 8. The Labute approximate surface area is 272 Å². The molecule has 4 aromatic rings. The number of methoxy groups -OCH3 is 1. The number of benzene rings is 3. The monoisotopic (exact) mass is 640 g/mol. The normalized spacial score (nSPS) is 14.8. The first-order valence-corrected chi connectivity index (χ1v) is 14.4. The molecule has 0 saturated carbocycles. The van der Waals surface area contributed by atoms with Gasteiger partial charge in [-0.1, -0.05) is 30.3 Å². The van der Waals surface area contributed by atoms with Crippen LogP contribution in [0.3, 0.4) is 0 Å². The Kier molecular flexibility index (Phi) is 10.7. The van der Waals surface area contributed by atoms with Crippen LogP contribution in [0.2, 0.25) is 0 Å². The highest BCUT2D eigenvalue weighted by Gasteiger charge is 2.38. The summed E-state index contributed by atoms with van der Waals surface area (Å²) in [6.07, 6.45) is 0.0296. The summed E-state index contributed by atoms with van der Waals surface area (Å²) in [4.78, 5) is 43.9. The number of carbonyl (C=O) groups excluding carboxylic acids is 3. The number of nitriles is 2. The van der Waals surface area contributed by atoms with Gasteiger partial charge in [0.05, 0.1) is 77.6 Å². The van der Waals surface area contributed by atoms with Crippen molar-refractivity contribution >= 4 is 52.4 Å². The SMILES string of the molecule is CN[C@@H](C)C(=O)N[C@H]1CN(C(=O)CCOC)c2cc(C#N)ccc2N(Cc2nn(-c3ccccc3C#N)c3ccccc23)C1=O.Cl. The molecule has 0 spiro atoms. The number of aromatic nitrogens is 2. The Morgan fingerprint density at radius 3 is 2.50 bits per heavy atom. The van der Waals surface area contributed by atoms with E-state index >= 15 is 0 Å². The molecule has 0 fully saturated rings. The highest BCUT2D eigenvalue weighted by Crippen LogP contribution is 2.36.